The summed E-state index contributed by atoms with van der Waals surface area (Å²) in [6, 6.07) is 10.4. The monoisotopic (exact) mass is 376 g/mol. The molecule has 0 atom stereocenters. The maximum absolute atomic E-state index is 12.4. The highest BCUT2D eigenvalue weighted by molar-refractivity contribution is 9.10. The minimum absolute atomic E-state index is 0.150. The molecule has 0 bridgehead atoms. The Morgan fingerprint density at radius 1 is 1.18 bits per heavy atom. The lowest BCUT2D eigenvalue weighted by molar-refractivity contribution is 0.0221. The Morgan fingerprint density at radius 2 is 1.95 bits per heavy atom. The molecule has 1 aromatic carbocycles. The average Bonchev–Trinajstić information content (AvgIpc) is 2.94. The van der Waals surface area contributed by atoms with Gasteiger partial charge < -0.3 is 4.90 Å². The topological polar surface area (TPSA) is 23.6 Å². The molecule has 0 radical (unpaired) electrons. The van der Waals surface area contributed by atoms with Crippen molar-refractivity contribution in [2.24, 2.45) is 0 Å². The van der Waals surface area contributed by atoms with E-state index >= 15 is 0 Å². The van der Waals surface area contributed by atoms with Crippen molar-refractivity contribution < 1.29 is 4.79 Å². The molecule has 2 aliphatic rings. The van der Waals surface area contributed by atoms with Crippen LogP contribution in [0.3, 0.4) is 0 Å². The first-order valence-electron chi connectivity index (χ1n) is 7.55. The van der Waals surface area contributed by atoms with Crippen molar-refractivity contribution >= 4 is 33.2 Å². The molecule has 1 saturated heterocycles. The number of amides is 1. The zero-order chi connectivity index (χ0) is 15.1. The van der Waals surface area contributed by atoms with Gasteiger partial charge in [-0.2, -0.15) is 0 Å². The van der Waals surface area contributed by atoms with Crippen molar-refractivity contribution in [1.29, 1.82) is 0 Å². The highest BCUT2D eigenvalue weighted by Crippen LogP contribution is 2.28. The first kappa shape index (κ1) is 14.4. The average molecular weight is 377 g/mol. The third-order valence-corrected chi connectivity index (χ3v) is 6.15. The lowest BCUT2D eigenvalue weighted by Gasteiger charge is -2.46. The van der Waals surface area contributed by atoms with E-state index in [0.717, 1.165) is 42.6 Å². The predicted molar refractivity (Wildman–Crippen MR) is 92.3 cm³/mol. The van der Waals surface area contributed by atoms with Crippen molar-refractivity contribution in [2.45, 2.75) is 19.0 Å². The van der Waals surface area contributed by atoms with Crippen LogP contribution in [-0.2, 0) is 13.0 Å². The SMILES string of the molecule is O=C(c1ccc(Br)cc1)N1CC(N2CCc3sccc3C2)C1. The second-order valence-electron chi connectivity index (χ2n) is 5.96. The van der Waals surface area contributed by atoms with Crippen molar-refractivity contribution in [3.05, 3.63) is 56.2 Å². The van der Waals surface area contributed by atoms with Crippen molar-refractivity contribution in [3.63, 3.8) is 0 Å². The summed E-state index contributed by atoms with van der Waals surface area (Å²) in [5, 5.41) is 2.19. The molecule has 0 unspecified atom stereocenters. The molecule has 3 heterocycles. The van der Waals surface area contributed by atoms with Crippen LogP contribution in [0, 0.1) is 0 Å². The zero-order valence-electron chi connectivity index (χ0n) is 12.2. The van der Waals surface area contributed by atoms with E-state index in [1.54, 1.807) is 4.88 Å². The minimum Gasteiger partial charge on any atom is -0.335 e. The normalized spacial score (nSPS) is 18.9. The van der Waals surface area contributed by atoms with E-state index in [1.807, 2.05) is 40.5 Å². The fraction of sp³-hybridized carbons (Fsp3) is 0.353. The summed E-state index contributed by atoms with van der Waals surface area (Å²) in [4.78, 5) is 18.4. The van der Waals surface area contributed by atoms with E-state index in [4.69, 9.17) is 0 Å². The highest BCUT2D eigenvalue weighted by atomic mass is 79.9. The molecule has 114 valence electrons. The molecule has 4 rings (SSSR count). The van der Waals surface area contributed by atoms with Gasteiger partial charge in [-0.1, -0.05) is 15.9 Å². The fourth-order valence-electron chi connectivity index (χ4n) is 3.21. The number of thiophene rings is 1. The largest absolute Gasteiger partial charge is 0.335 e. The van der Waals surface area contributed by atoms with Gasteiger partial charge in [-0.3, -0.25) is 9.69 Å². The summed E-state index contributed by atoms with van der Waals surface area (Å²) in [6.07, 6.45) is 1.16. The van der Waals surface area contributed by atoms with Crippen LogP contribution in [0.4, 0.5) is 0 Å². The van der Waals surface area contributed by atoms with Gasteiger partial charge in [0.25, 0.3) is 5.91 Å². The molecule has 22 heavy (non-hydrogen) atoms. The Kier molecular flexibility index (Phi) is 3.80. The molecule has 1 amide bonds. The molecule has 5 heteroatoms. The zero-order valence-corrected chi connectivity index (χ0v) is 14.6. The third-order valence-electron chi connectivity index (χ3n) is 4.59. The molecule has 2 aliphatic heterocycles. The number of halogens is 1. The third kappa shape index (κ3) is 2.62. The minimum atomic E-state index is 0.150. The Labute approximate surface area is 142 Å². The number of nitrogens with zero attached hydrogens (tertiary/aromatic N) is 2. The quantitative estimate of drug-likeness (QED) is 0.801. The maximum Gasteiger partial charge on any atom is 0.253 e. The second-order valence-corrected chi connectivity index (χ2v) is 7.88. The Bertz CT molecular complexity index is 691. The van der Waals surface area contributed by atoms with Crippen LogP contribution in [-0.4, -0.2) is 41.4 Å². The van der Waals surface area contributed by atoms with Gasteiger partial charge in [0.05, 0.1) is 0 Å². The molecule has 1 aromatic heterocycles. The molecule has 2 aromatic rings. The number of benzene rings is 1. The number of fused-ring (bicyclic) bond motifs is 1. The number of rotatable bonds is 2. The fourth-order valence-corrected chi connectivity index (χ4v) is 4.36. The van der Waals surface area contributed by atoms with E-state index in [-0.39, 0.29) is 5.91 Å². The smallest absolute Gasteiger partial charge is 0.253 e. The van der Waals surface area contributed by atoms with E-state index in [9.17, 15) is 4.79 Å². The molecule has 0 spiro atoms. The van der Waals surface area contributed by atoms with Gasteiger partial charge in [0, 0.05) is 47.1 Å². The van der Waals surface area contributed by atoms with Gasteiger partial charge >= 0.3 is 0 Å². The molecule has 1 fully saturated rings. The first-order chi connectivity index (χ1) is 10.7. The van der Waals surface area contributed by atoms with E-state index in [1.165, 1.54) is 5.56 Å². The van der Waals surface area contributed by atoms with Crippen molar-refractivity contribution in [1.82, 2.24) is 9.80 Å². The van der Waals surface area contributed by atoms with Crippen LogP contribution in [0.2, 0.25) is 0 Å². The van der Waals surface area contributed by atoms with Gasteiger partial charge in [-0.15, -0.1) is 11.3 Å². The predicted octanol–water partition coefficient (Wildman–Crippen LogP) is 3.39. The molecule has 0 aliphatic carbocycles. The lowest BCUT2D eigenvalue weighted by atomic mass is 10.0. The van der Waals surface area contributed by atoms with Gasteiger partial charge in [0.1, 0.15) is 0 Å². The molecular weight excluding hydrogens is 360 g/mol. The Morgan fingerprint density at radius 3 is 2.73 bits per heavy atom. The Balaban J connectivity index is 1.36. The van der Waals surface area contributed by atoms with Gasteiger partial charge in [-0.05, 0) is 47.7 Å². The number of likely N-dealkylation sites (tertiary alicyclic amines) is 1. The first-order valence-corrected chi connectivity index (χ1v) is 9.22. The van der Waals surface area contributed by atoms with Crippen LogP contribution >= 0.6 is 27.3 Å². The maximum atomic E-state index is 12.4. The van der Waals surface area contributed by atoms with Gasteiger partial charge in [0.15, 0.2) is 0 Å². The second kappa shape index (κ2) is 5.80. The standard InChI is InChI=1S/C17H17BrN2OS/c18-14-3-1-12(2-4-14)17(21)20-10-15(11-20)19-7-5-16-13(9-19)6-8-22-16/h1-4,6,8,15H,5,7,9-11H2. The Hall–Kier alpha value is -1.17. The van der Waals surface area contributed by atoms with E-state index in [2.05, 4.69) is 32.3 Å². The summed E-state index contributed by atoms with van der Waals surface area (Å²) in [5.74, 6) is 0.150. The summed E-state index contributed by atoms with van der Waals surface area (Å²) in [7, 11) is 0. The number of hydrogen-bond acceptors (Lipinski definition) is 3. The van der Waals surface area contributed by atoms with Crippen LogP contribution in [0.5, 0.6) is 0 Å². The van der Waals surface area contributed by atoms with Gasteiger partial charge in [-0.25, -0.2) is 0 Å². The summed E-state index contributed by atoms with van der Waals surface area (Å²) in [6.45, 7) is 3.88. The summed E-state index contributed by atoms with van der Waals surface area (Å²) < 4.78 is 1.01. The van der Waals surface area contributed by atoms with E-state index in [0.29, 0.717) is 6.04 Å². The molecule has 3 nitrogen and oxygen atoms in total. The van der Waals surface area contributed by atoms with Crippen LogP contribution in [0.1, 0.15) is 20.8 Å². The molecule has 0 N–H and O–H groups in total. The summed E-state index contributed by atoms with van der Waals surface area (Å²) in [5.41, 5.74) is 2.26. The van der Waals surface area contributed by atoms with Crippen molar-refractivity contribution in [3.8, 4) is 0 Å². The highest BCUT2D eigenvalue weighted by Gasteiger charge is 2.36. The number of hydrogen-bond donors (Lipinski definition) is 0. The van der Waals surface area contributed by atoms with Gasteiger partial charge in [0.2, 0.25) is 0 Å². The van der Waals surface area contributed by atoms with E-state index < -0.39 is 0 Å². The van der Waals surface area contributed by atoms with Crippen LogP contribution in [0.25, 0.3) is 0 Å². The summed E-state index contributed by atoms with van der Waals surface area (Å²) >= 11 is 5.28. The van der Waals surface area contributed by atoms with Crippen molar-refractivity contribution in [2.75, 3.05) is 19.6 Å². The molecular formula is C17H17BrN2OS. The number of carbonyl (C=O) groups is 1. The van der Waals surface area contributed by atoms with Crippen LogP contribution in [0.15, 0.2) is 40.2 Å². The molecule has 0 saturated carbocycles. The van der Waals surface area contributed by atoms with Crippen LogP contribution < -0.4 is 0 Å². The number of carbonyl (C=O) groups excluding carboxylic acids is 1. The lowest BCUT2D eigenvalue weighted by Crippen LogP contribution is -2.61.